The van der Waals surface area contributed by atoms with Crippen LogP contribution in [-0.2, 0) is 0 Å². The molecular weight excluding hydrogens is 819 g/mol. The molecule has 0 fully saturated rings. The van der Waals surface area contributed by atoms with Crippen molar-refractivity contribution in [3.05, 3.63) is 224 Å². The topological polar surface area (TPSA) is 61.7 Å². The molecule has 0 aliphatic heterocycles. The molecule has 10 aromatic carbocycles. The maximum atomic E-state index is 6.61. The molecular formula is C61H37N5O. The van der Waals surface area contributed by atoms with Gasteiger partial charge in [-0.2, -0.15) is 0 Å². The second kappa shape index (κ2) is 14.7. The van der Waals surface area contributed by atoms with Gasteiger partial charge in [-0.25, -0.2) is 15.0 Å². The summed E-state index contributed by atoms with van der Waals surface area (Å²) in [4.78, 5) is 16.1. The molecule has 6 heteroatoms. The van der Waals surface area contributed by atoms with Crippen LogP contribution in [0.5, 0.6) is 0 Å². The van der Waals surface area contributed by atoms with Crippen LogP contribution >= 0.6 is 0 Å². The Hall–Kier alpha value is -9.13. The van der Waals surface area contributed by atoms with Gasteiger partial charge < -0.3 is 13.6 Å². The zero-order chi connectivity index (χ0) is 44.0. The monoisotopic (exact) mass is 855 g/mol. The fraction of sp³-hybridized carbons (Fsp3) is 0. The van der Waals surface area contributed by atoms with Crippen LogP contribution in [0.15, 0.2) is 229 Å². The number of furan rings is 1. The van der Waals surface area contributed by atoms with Gasteiger partial charge in [-0.1, -0.05) is 170 Å². The Morgan fingerprint density at radius 1 is 0.328 bits per heavy atom. The predicted octanol–water partition coefficient (Wildman–Crippen LogP) is 15.8. The van der Waals surface area contributed by atoms with Crippen molar-refractivity contribution in [3.8, 4) is 56.7 Å². The third-order valence-corrected chi connectivity index (χ3v) is 13.3. The van der Waals surface area contributed by atoms with E-state index in [1.807, 2.05) is 18.2 Å². The molecule has 0 radical (unpaired) electrons. The lowest BCUT2D eigenvalue weighted by Gasteiger charge is -2.16. The molecule has 67 heavy (non-hydrogen) atoms. The van der Waals surface area contributed by atoms with Crippen molar-refractivity contribution in [1.82, 2.24) is 24.1 Å². The number of benzene rings is 10. The van der Waals surface area contributed by atoms with E-state index < -0.39 is 0 Å². The molecule has 4 heterocycles. The van der Waals surface area contributed by atoms with Gasteiger partial charge in [0.1, 0.15) is 11.2 Å². The van der Waals surface area contributed by atoms with E-state index in [1.54, 1.807) is 0 Å². The van der Waals surface area contributed by atoms with Crippen molar-refractivity contribution in [2.45, 2.75) is 0 Å². The van der Waals surface area contributed by atoms with Crippen molar-refractivity contribution in [3.63, 3.8) is 0 Å². The Morgan fingerprint density at radius 2 is 0.910 bits per heavy atom. The summed E-state index contributed by atoms with van der Waals surface area (Å²) in [5, 5.41) is 8.93. The van der Waals surface area contributed by atoms with Crippen LogP contribution in [0.25, 0.3) is 133 Å². The van der Waals surface area contributed by atoms with Gasteiger partial charge >= 0.3 is 0 Å². The maximum Gasteiger partial charge on any atom is 0.167 e. The van der Waals surface area contributed by atoms with Crippen LogP contribution in [0.1, 0.15) is 0 Å². The van der Waals surface area contributed by atoms with Crippen LogP contribution in [0.4, 0.5) is 0 Å². The number of hydrogen-bond acceptors (Lipinski definition) is 4. The fourth-order valence-corrected chi connectivity index (χ4v) is 10.4. The summed E-state index contributed by atoms with van der Waals surface area (Å²) in [7, 11) is 0. The molecule has 0 N–H and O–H groups in total. The van der Waals surface area contributed by atoms with Crippen LogP contribution in [0, 0.1) is 0 Å². The van der Waals surface area contributed by atoms with Gasteiger partial charge in [-0.15, -0.1) is 0 Å². The van der Waals surface area contributed by atoms with E-state index in [1.165, 1.54) is 16.3 Å². The standard InChI is InChI=1S/C61H37N5O/c1-2-16-38(17-3-1)41-20-12-21-43(37-41)65-52-30-9-6-23-45(52)48-26-15-32-54(57(48)65)66-53-31-10-7-22-44(53)47-25-13-28-50(56(47)66)60-62-59(42-35-34-39-18-4-5-19-40(39)36-42)63-61(64-60)51-29-14-27-49-46-24-8-11-33-55(46)67-58(49)51/h1-37H. The molecule has 0 aliphatic carbocycles. The second-order valence-corrected chi connectivity index (χ2v) is 17.1. The summed E-state index contributed by atoms with van der Waals surface area (Å²) in [5.74, 6) is 1.69. The van der Waals surface area contributed by atoms with Gasteiger partial charge in [0.2, 0.25) is 0 Å². The molecule has 0 atom stereocenters. The minimum atomic E-state index is 0.540. The first-order valence-corrected chi connectivity index (χ1v) is 22.6. The highest BCUT2D eigenvalue weighted by Gasteiger charge is 2.24. The molecule has 0 aliphatic rings. The summed E-state index contributed by atoms with van der Waals surface area (Å²) < 4.78 is 11.5. The third kappa shape index (κ3) is 5.80. The molecule has 4 aromatic heterocycles. The van der Waals surface area contributed by atoms with Gasteiger partial charge in [0.25, 0.3) is 0 Å². The molecule has 14 rings (SSSR count). The van der Waals surface area contributed by atoms with Crippen molar-refractivity contribution in [1.29, 1.82) is 0 Å². The first-order valence-electron chi connectivity index (χ1n) is 22.6. The van der Waals surface area contributed by atoms with E-state index in [-0.39, 0.29) is 0 Å². The first-order chi connectivity index (χ1) is 33.2. The van der Waals surface area contributed by atoms with Gasteiger partial charge in [-0.3, -0.25) is 0 Å². The Bertz CT molecular complexity index is 4290. The van der Waals surface area contributed by atoms with Crippen LogP contribution < -0.4 is 0 Å². The number of nitrogens with zero attached hydrogens (tertiary/aromatic N) is 5. The lowest BCUT2D eigenvalue weighted by atomic mass is 10.1. The molecule has 6 nitrogen and oxygen atoms in total. The van der Waals surface area contributed by atoms with E-state index in [4.69, 9.17) is 19.4 Å². The van der Waals surface area contributed by atoms with Crippen molar-refractivity contribution < 1.29 is 4.42 Å². The largest absolute Gasteiger partial charge is 0.455 e. The smallest absolute Gasteiger partial charge is 0.167 e. The molecule has 0 saturated carbocycles. The second-order valence-electron chi connectivity index (χ2n) is 17.1. The normalized spacial score (nSPS) is 11.9. The van der Waals surface area contributed by atoms with Crippen molar-refractivity contribution in [2.24, 2.45) is 0 Å². The Kier molecular flexibility index (Phi) is 8.18. The SMILES string of the molecule is c1ccc(-c2cccc(-n3c4ccccc4c4cccc(-n5c6ccccc6c6cccc(-c7nc(-c8ccc9ccccc9c8)nc(-c8cccc9c8oc8ccccc89)n7)c65)c43)c2)cc1. The van der Waals surface area contributed by atoms with Crippen LogP contribution in [-0.4, -0.2) is 24.1 Å². The first kappa shape index (κ1) is 37.3. The average molecular weight is 856 g/mol. The Morgan fingerprint density at radius 3 is 1.73 bits per heavy atom. The van der Waals surface area contributed by atoms with E-state index in [0.29, 0.717) is 17.5 Å². The van der Waals surface area contributed by atoms with Gasteiger partial charge in [-0.05, 0) is 76.5 Å². The van der Waals surface area contributed by atoms with E-state index in [2.05, 4.69) is 215 Å². The Labute approximate surface area is 384 Å². The van der Waals surface area contributed by atoms with E-state index in [9.17, 15) is 0 Å². The average Bonchev–Trinajstić information content (AvgIpc) is 4.07. The minimum Gasteiger partial charge on any atom is -0.455 e. The van der Waals surface area contributed by atoms with Gasteiger partial charge in [0, 0.05) is 49.1 Å². The number of rotatable bonds is 6. The summed E-state index contributed by atoms with van der Waals surface area (Å²) in [6.45, 7) is 0. The third-order valence-electron chi connectivity index (χ3n) is 13.3. The zero-order valence-electron chi connectivity index (χ0n) is 36.0. The molecule has 0 unspecified atom stereocenters. The van der Waals surface area contributed by atoms with Gasteiger partial charge in [0.05, 0.1) is 33.3 Å². The number of aromatic nitrogens is 5. The summed E-state index contributed by atoms with van der Waals surface area (Å²) >= 11 is 0. The summed E-state index contributed by atoms with van der Waals surface area (Å²) in [6.07, 6.45) is 0. The quantitative estimate of drug-likeness (QED) is 0.167. The number of fused-ring (bicyclic) bond motifs is 10. The molecule has 0 bridgehead atoms. The van der Waals surface area contributed by atoms with Crippen LogP contribution in [0.3, 0.4) is 0 Å². The van der Waals surface area contributed by atoms with E-state index >= 15 is 0 Å². The number of hydrogen-bond donors (Lipinski definition) is 0. The molecule has 0 amide bonds. The van der Waals surface area contributed by atoms with E-state index in [0.717, 1.165) is 99.2 Å². The Balaban J connectivity index is 1.07. The lowest BCUT2D eigenvalue weighted by molar-refractivity contribution is 0.669. The molecule has 14 aromatic rings. The van der Waals surface area contributed by atoms with Crippen LogP contribution in [0.2, 0.25) is 0 Å². The highest BCUT2D eigenvalue weighted by atomic mass is 16.3. The van der Waals surface area contributed by atoms with Gasteiger partial charge in [0.15, 0.2) is 17.5 Å². The number of para-hydroxylation sites is 6. The highest BCUT2D eigenvalue weighted by molar-refractivity contribution is 6.17. The zero-order valence-corrected chi connectivity index (χ0v) is 36.0. The van der Waals surface area contributed by atoms with Crippen molar-refractivity contribution in [2.75, 3.05) is 0 Å². The minimum absolute atomic E-state index is 0.540. The molecule has 0 saturated heterocycles. The van der Waals surface area contributed by atoms with Crippen molar-refractivity contribution >= 4 is 76.3 Å². The molecule has 0 spiro atoms. The lowest BCUT2D eigenvalue weighted by Crippen LogP contribution is -2.04. The maximum absolute atomic E-state index is 6.61. The molecule has 312 valence electrons. The summed E-state index contributed by atoms with van der Waals surface area (Å²) in [5.41, 5.74) is 13.0. The summed E-state index contributed by atoms with van der Waals surface area (Å²) in [6, 6.07) is 79.3. The fourth-order valence-electron chi connectivity index (χ4n) is 10.4. The predicted molar refractivity (Wildman–Crippen MR) is 275 cm³/mol. The highest BCUT2D eigenvalue weighted by Crippen LogP contribution is 2.43.